The molecule has 0 radical (unpaired) electrons. The Hall–Kier alpha value is -3.02. The summed E-state index contributed by atoms with van der Waals surface area (Å²) in [5, 5.41) is 3.09. The van der Waals surface area contributed by atoms with Gasteiger partial charge in [-0.3, -0.25) is 9.59 Å². The molecule has 0 saturated carbocycles. The first-order valence-corrected chi connectivity index (χ1v) is 10.8. The van der Waals surface area contributed by atoms with Gasteiger partial charge in [-0.2, -0.15) is 0 Å². The Bertz CT molecular complexity index is 908. The number of benzene rings is 2. The number of nitrogens with zero attached hydrogens (tertiary/aromatic N) is 2. The fraction of sp³-hybridized carbons (Fsp3) is 0.417. The molecule has 0 aliphatic carbocycles. The third-order valence-corrected chi connectivity index (χ3v) is 5.81. The van der Waals surface area contributed by atoms with Crippen molar-refractivity contribution in [3.63, 3.8) is 0 Å². The average Bonchev–Trinajstić information content (AvgIpc) is 3.17. The van der Waals surface area contributed by atoms with Crippen molar-refractivity contribution in [1.29, 1.82) is 0 Å². The number of piperidine rings is 1. The number of amides is 2. The van der Waals surface area contributed by atoms with Gasteiger partial charge in [-0.25, -0.2) is 0 Å². The van der Waals surface area contributed by atoms with E-state index in [1.54, 1.807) is 4.90 Å². The molecule has 0 spiro atoms. The summed E-state index contributed by atoms with van der Waals surface area (Å²) in [6.07, 6.45) is 3.81. The lowest BCUT2D eigenvalue weighted by atomic mass is 10.1. The first-order valence-electron chi connectivity index (χ1n) is 10.8. The number of para-hydroxylation sites is 4. The van der Waals surface area contributed by atoms with Crippen molar-refractivity contribution in [2.45, 2.75) is 32.6 Å². The molecule has 2 aliphatic heterocycles. The SMILES string of the molecule is CCOc1ccccc1N1CC(C(=O)Nc2ccccc2N2CCCCC2)CC1=O. The molecule has 6 heteroatoms. The maximum atomic E-state index is 13.0. The predicted molar refractivity (Wildman–Crippen MR) is 119 cm³/mol. The van der Waals surface area contributed by atoms with Crippen molar-refractivity contribution in [3.8, 4) is 5.75 Å². The van der Waals surface area contributed by atoms with Crippen molar-refractivity contribution in [1.82, 2.24) is 0 Å². The number of anilines is 3. The summed E-state index contributed by atoms with van der Waals surface area (Å²) >= 11 is 0. The Morgan fingerprint density at radius 2 is 1.73 bits per heavy atom. The van der Waals surface area contributed by atoms with Gasteiger partial charge in [0.15, 0.2) is 0 Å². The zero-order chi connectivity index (χ0) is 20.9. The highest BCUT2D eigenvalue weighted by Crippen LogP contribution is 2.34. The molecule has 0 aromatic heterocycles. The summed E-state index contributed by atoms with van der Waals surface area (Å²) < 4.78 is 5.67. The zero-order valence-electron chi connectivity index (χ0n) is 17.5. The molecule has 2 saturated heterocycles. The van der Waals surface area contributed by atoms with Gasteiger partial charge < -0.3 is 19.9 Å². The van der Waals surface area contributed by atoms with Crippen molar-refractivity contribution in [2.75, 3.05) is 41.4 Å². The second-order valence-corrected chi connectivity index (χ2v) is 7.86. The van der Waals surface area contributed by atoms with E-state index < -0.39 is 0 Å². The fourth-order valence-corrected chi connectivity index (χ4v) is 4.30. The van der Waals surface area contributed by atoms with Crippen LogP contribution in [0.5, 0.6) is 5.75 Å². The number of nitrogens with one attached hydrogen (secondary N) is 1. The van der Waals surface area contributed by atoms with E-state index in [1.165, 1.54) is 19.3 Å². The molecule has 0 bridgehead atoms. The van der Waals surface area contributed by atoms with Crippen molar-refractivity contribution in [2.24, 2.45) is 5.92 Å². The second-order valence-electron chi connectivity index (χ2n) is 7.86. The first-order chi connectivity index (χ1) is 14.7. The lowest BCUT2D eigenvalue weighted by molar-refractivity contribution is -0.122. The molecule has 1 atom stereocenters. The number of rotatable bonds is 6. The Labute approximate surface area is 177 Å². The minimum atomic E-state index is -0.387. The molecule has 30 heavy (non-hydrogen) atoms. The van der Waals surface area contributed by atoms with Crippen molar-refractivity contribution < 1.29 is 14.3 Å². The highest BCUT2D eigenvalue weighted by atomic mass is 16.5. The molecule has 2 aromatic rings. The quantitative estimate of drug-likeness (QED) is 0.784. The van der Waals surface area contributed by atoms with Gasteiger partial charge in [0.25, 0.3) is 0 Å². The largest absolute Gasteiger partial charge is 0.492 e. The molecule has 4 rings (SSSR count). The number of ether oxygens (including phenoxy) is 1. The third kappa shape index (κ3) is 4.27. The van der Waals surface area contributed by atoms with E-state index in [-0.39, 0.29) is 24.2 Å². The topological polar surface area (TPSA) is 61.9 Å². The lowest BCUT2D eigenvalue weighted by Crippen LogP contribution is -2.31. The van der Waals surface area contributed by atoms with Crippen LogP contribution >= 0.6 is 0 Å². The van der Waals surface area contributed by atoms with E-state index in [4.69, 9.17) is 4.74 Å². The molecule has 1 unspecified atom stereocenters. The van der Waals surface area contributed by atoms with Gasteiger partial charge in [0.05, 0.1) is 29.6 Å². The van der Waals surface area contributed by atoms with Crippen LogP contribution in [0.15, 0.2) is 48.5 Å². The van der Waals surface area contributed by atoms with Gasteiger partial charge in [-0.15, -0.1) is 0 Å². The molecular weight excluding hydrogens is 378 g/mol. The maximum Gasteiger partial charge on any atom is 0.229 e. The van der Waals surface area contributed by atoms with Gasteiger partial charge in [-0.1, -0.05) is 24.3 Å². The van der Waals surface area contributed by atoms with Gasteiger partial charge in [0.2, 0.25) is 11.8 Å². The lowest BCUT2D eigenvalue weighted by Gasteiger charge is -2.30. The molecule has 2 amide bonds. The van der Waals surface area contributed by atoms with E-state index in [1.807, 2.05) is 49.4 Å². The highest BCUT2D eigenvalue weighted by molar-refractivity contribution is 6.05. The van der Waals surface area contributed by atoms with Crippen LogP contribution in [0, 0.1) is 5.92 Å². The molecule has 6 nitrogen and oxygen atoms in total. The third-order valence-electron chi connectivity index (χ3n) is 5.81. The minimum Gasteiger partial charge on any atom is -0.492 e. The zero-order valence-corrected chi connectivity index (χ0v) is 17.5. The Balaban J connectivity index is 1.48. The van der Waals surface area contributed by atoms with Crippen molar-refractivity contribution in [3.05, 3.63) is 48.5 Å². The molecular formula is C24H29N3O3. The number of carbonyl (C=O) groups excluding carboxylic acids is 2. The monoisotopic (exact) mass is 407 g/mol. The summed E-state index contributed by atoms with van der Waals surface area (Å²) in [6.45, 7) is 4.82. The van der Waals surface area contributed by atoms with Crippen LogP contribution in [0.1, 0.15) is 32.6 Å². The number of carbonyl (C=O) groups is 2. The highest BCUT2D eigenvalue weighted by Gasteiger charge is 2.36. The van der Waals surface area contributed by atoms with E-state index >= 15 is 0 Å². The predicted octanol–water partition coefficient (Wildman–Crippen LogP) is 4.07. The molecule has 2 heterocycles. The van der Waals surface area contributed by atoms with Gasteiger partial charge in [-0.05, 0) is 50.5 Å². The summed E-state index contributed by atoms with van der Waals surface area (Å²) in [6, 6.07) is 15.4. The fourth-order valence-electron chi connectivity index (χ4n) is 4.30. The molecule has 1 N–H and O–H groups in total. The van der Waals surface area contributed by atoms with Crippen LogP contribution in [-0.2, 0) is 9.59 Å². The van der Waals surface area contributed by atoms with E-state index in [0.29, 0.717) is 18.9 Å². The van der Waals surface area contributed by atoms with Crippen LogP contribution in [0.3, 0.4) is 0 Å². The maximum absolute atomic E-state index is 13.0. The molecule has 158 valence electrons. The summed E-state index contributed by atoms with van der Waals surface area (Å²) in [5.74, 6) is 0.127. The minimum absolute atomic E-state index is 0.0494. The van der Waals surface area contributed by atoms with Gasteiger partial charge >= 0.3 is 0 Å². The number of hydrogen-bond acceptors (Lipinski definition) is 4. The van der Waals surface area contributed by atoms with E-state index in [0.717, 1.165) is 30.2 Å². The summed E-state index contributed by atoms with van der Waals surface area (Å²) in [4.78, 5) is 29.7. The van der Waals surface area contributed by atoms with Crippen LogP contribution in [-0.4, -0.2) is 38.1 Å². The molecule has 2 aliphatic rings. The number of hydrogen-bond donors (Lipinski definition) is 1. The van der Waals surface area contributed by atoms with Gasteiger partial charge in [0.1, 0.15) is 5.75 Å². The van der Waals surface area contributed by atoms with Gasteiger partial charge in [0, 0.05) is 26.1 Å². The Morgan fingerprint density at radius 1 is 1.03 bits per heavy atom. The van der Waals surface area contributed by atoms with Crippen LogP contribution < -0.4 is 19.9 Å². The Morgan fingerprint density at radius 3 is 2.50 bits per heavy atom. The molecule has 2 aromatic carbocycles. The van der Waals surface area contributed by atoms with Crippen molar-refractivity contribution >= 4 is 28.9 Å². The average molecular weight is 408 g/mol. The summed E-state index contributed by atoms with van der Waals surface area (Å²) in [7, 11) is 0. The smallest absolute Gasteiger partial charge is 0.229 e. The van der Waals surface area contributed by atoms with E-state index in [2.05, 4.69) is 16.3 Å². The van der Waals surface area contributed by atoms with Crippen LogP contribution in [0.25, 0.3) is 0 Å². The molecule has 2 fully saturated rings. The van der Waals surface area contributed by atoms with Crippen LogP contribution in [0.4, 0.5) is 17.1 Å². The Kier molecular flexibility index (Phi) is 6.21. The van der Waals surface area contributed by atoms with Crippen LogP contribution in [0.2, 0.25) is 0 Å². The standard InChI is InChI=1S/C24H29N3O3/c1-2-30-22-13-7-6-12-21(22)27-17-18(16-23(27)28)24(29)25-19-10-4-5-11-20(19)26-14-8-3-9-15-26/h4-7,10-13,18H,2-3,8-9,14-17H2,1H3,(H,25,29). The van der Waals surface area contributed by atoms with E-state index in [9.17, 15) is 9.59 Å². The first kappa shape index (κ1) is 20.3. The normalized spacial score (nSPS) is 19.1. The summed E-state index contributed by atoms with van der Waals surface area (Å²) in [5.41, 5.74) is 2.62. The second kappa shape index (κ2) is 9.20.